The standard InChI is InChI=1S/C43H44BrFN6O4Si/c1-27-41(56(2,3)45)39(18-19-50-25-37(48-49-50)34(26-52)29-11-5-4-6-12-29)55-43(27)35-22-31(44)16-17-38(35)51(42(43)54)24-28-10-9-13-32(20-28)47-40(53)21-30-23-46-36-15-8-7-14-33(30)36/h4-17,20,22-23,25,27,34,39,41,46,52H,18-19,21,24,26H2,1-3H3,(H,47,53)/t27-,34?,39+,41-,43+/m0/s1. The minimum Gasteiger partial charge on any atom is -0.395 e. The summed E-state index contributed by atoms with van der Waals surface area (Å²) in [6, 6.07) is 30.8. The van der Waals surface area contributed by atoms with E-state index in [1.807, 2.05) is 116 Å². The number of halogens is 2. The van der Waals surface area contributed by atoms with E-state index in [1.165, 1.54) is 0 Å². The van der Waals surface area contributed by atoms with E-state index >= 15 is 4.11 Å². The largest absolute Gasteiger partial charge is 0.395 e. The van der Waals surface area contributed by atoms with E-state index in [0.29, 0.717) is 30.0 Å². The summed E-state index contributed by atoms with van der Waals surface area (Å²) in [5, 5.41) is 22.9. The molecule has 2 amide bonds. The Morgan fingerprint density at radius 2 is 1.86 bits per heavy atom. The number of aliphatic hydroxyl groups is 1. The monoisotopic (exact) mass is 834 g/mol. The highest BCUT2D eigenvalue weighted by molar-refractivity contribution is 9.10. The van der Waals surface area contributed by atoms with Crippen LogP contribution in [0.4, 0.5) is 15.5 Å². The molecular weight excluding hydrogens is 791 g/mol. The van der Waals surface area contributed by atoms with Crippen molar-refractivity contribution in [2.45, 2.75) is 69.1 Å². The number of aliphatic hydroxyl groups excluding tert-OH is 1. The molecule has 0 saturated carbocycles. The zero-order chi connectivity index (χ0) is 39.2. The number of nitrogens with zero attached hydrogens (tertiary/aromatic N) is 4. The minimum atomic E-state index is -3.40. The number of rotatable bonds is 12. The van der Waals surface area contributed by atoms with Crippen molar-refractivity contribution < 1.29 is 23.5 Å². The topological polar surface area (TPSA) is 125 Å². The highest BCUT2D eigenvalue weighted by atomic mass is 79.9. The van der Waals surface area contributed by atoms with Gasteiger partial charge in [0.25, 0.3) is 5.91 Å². The molecule has 0 bridgehead atoms. The molecule has 1 unspecified atom stereocenters. The fourth-order valence-electron chi connectivity index (χ4n) is 8.93. The van der Waals surface area contributed by atoms with Crippen LogP contribution in [0.3, 0.4) is 0 Å². The second-order valence-corrected chi connectivity index (χ2v) is 20.2. The van der Waals surface area contributed by atoms with Crippen molar-refractivity contribution in [2.75, 3.05) is 16.8 Å². The molecule has 10 nitrogen and oxygen atoms in total. The van der Waals surface area contributed by atoms with Crippen molar-refractivity contribution in [3.05, 3.63) is 142 Å². The smallest absolute Gasteiger partial charge is 0.264 e. The highest BCUT2D eigenvalue weighted by Gasteiger charge is 2.66. The number of carbonyl (C=O) groups excluding carboxylic acids is 2. The van der Waals surface area contributed by atoms with Gasteiger partial charge in [-0.1, -0.05) is 88.7 Å². The lowest BCUT2D eigenvalue weighted by molar-refractivity contribution is -0.146. The normalized spacial score (nSPS) is 21.2. The highest BCUT2D eigenvalue weighted by Crippen LogP contribution is 2.60. The van der Waals surface area contributed by atoms with E-state index in [0.717, 1.165) is 37.6 Å². The Morgan fingerprint density at radius 1 is 1.07 bits per heavy atom. The van der Waals surface area contributed by atoms with Gasteiger partial charge in [0.05, 0.1) is 43.0 Å². The van der Waals surface area contributed by atoms with Crippen molar-refractivity contribution >= 4 is 58.4 Å². The van der Waals surface area contributed by atoms with Crippen molar-refractivity contribution in [1.29, 1.82) is 0 Å². The molecule has 3 N–H and O–H groups in total. The molecule has 0 aliphatic carbocycles. The first-order valence-corrected chi connectivity index (χ1v) is 22.7. The number of aromatic amines is 1. The van der Waals surface area contributed by atoms with Gasteiger partial charge in [-0.05, 0) is 72.6 Å². The summed E-state index contributed by atoms with van der Waals surface area (Å²) in [5.41, 5.74) is 4.50. The number of nitrogens with one attached hydrogen (secondary N) is 2. The zero-order valence-corrected chi connectivity index (χ0v) is 34.0. The number of hydrogen-bond donors (Lipinski definition) is 3. The molecule has 2 aliphatic rings. The first kappa shape index (κ1) is 37.9. The van der Waals surface area contributed by atoms with E-state index in [4.69, 9.17) is 4.74 Å². The Bertz CT molecular complexity index is 2400. The number of para-hydroxylation sites is 1. The van der Waals surface area contributed by atoms with E-state index < -0.39 is 31.6 Å². The van der Waals surface area contributed by atoms with Crippen molar-refractivity contribution in [1.82, 2.24) is 20.0 Å². The van der Waals surface area contributed by atoms with Crippen molar-refractivity contribution in [2.24, 2.45) is 5.92 Å². The van der Waals surface area contributed by atoms with E-state index in [-0.39, 0.29) is 37.3 Å². The summed E-state index contributed by atoms with van der Waals surface area (Å²) in [5.74, 6) is -1.15. The van der Waals surface area contributed by atoms with Crippen LogP contribution in [-0.4, -0.2) is 58.0 Å². The van der Waals surface area contributed by atoms with Crippen LogP contribution in [0, 0.1) is 5.92 Å². The second-order valence-electron chi connectivity index (χ2n) is 15.4. The number of carbonyl (C=O) groups is 2. The van der Waals surface area contributed by atoms with Gasteiger partial charge in [0.2, 0.25) is 14.3 Å². The maximum Gasteiger partial charge on any atom is 0.264 e. The Labute approximate surface area is 334 Å². The molecule has 4 aromatic carbocycles. The lowest BCUT2D eigenvalue weighted by atomic mass is 9.82. The Kier molecular flexibility index (Phi) is 10.3. The van der Waals surface area contributed by atoms with Crippen LogP contribution in [0.15, 0.2) is 114 Å². The van der Waals surface area contributed by atoms with E-state index in [9.17, 15) is 14.7 Å². The number of aromatic nitrogens is 4. The molecule has 2 aromatic heterocycles. The number of anilines is 2. The summed E-state index contributed by atoms with van der Waals surface area (Å²) >= 11 is 3.63. The predicted octanol–water partition coefficient (Wildman–Crippen LogP) is 8.24. The van der Waals surface area contributed by atoms with Gasteiger partial charge in [-0.2, -0.15) is 0 Å². The predicted molar refractivity (Wildman–Crippen MR) is 220 cm³/mol. The molecule has 8 rings (SSSR count). The fraction of sp³-hybridized carbons (Fsp3) is 0.302. The SMILES string of the molecule is C[C@H]1[C@H]([Si](C)(C)F)[C@@H](CCn2cc(C(CO)c3ccccc3)nn2)O[C@]12C(=O)N(Cc1cccc(NC(=O)Cc3c[nH]c4ccccc34)c1)c1ccc(Br)cc12. The van der Waals surface area contributed by atoms with Gasteiger partial charge in [0.1, 0.15) is 0 Å². The number of amides is 2. The maximum atomic E-state index is 16.5. The number of H-pyrrole nitrogens is 1. The molecule has 1 fully saturated rings. The van der Waals surface area contributed by atoms with Crippen LogP contribution in [-0.2, 0) is 39.4 Å². The third kappa shape index (κ3) is 7.01. The van der Waals surface area contributed by atoms with Gasteiger partial charge in [0.15, 0.2) is 5.60 Å². The van der Waals surface area contributed by atoms with E-state index in [1.54, 1.807) is 22.7 Å². The van der Waals surface area contributed by atoms with Crippen molar-refractivity contribution in [3.63, 3.8) is 0 Å². The maximum absolute atomic E-state index is 16.5. The summed E-state index contributed by atoms with van der Waals surface area (Å²) in [4.78, 5) is 33.1. The number of benzene rings is 4. The Hall–Kier alpha value is -4.95. The Morgan fingerprint density at radius 3 is 2.64 bits per heavy atom. The third-order valence-electron chi connectivity index (χ3n) is 11.4. The molecule has 1 spiro atoms. The third-order valence-corrected chi connectivity index (χ3v) is 14.4. The van der Waals surface area contributed by atoms with Gasteiger partial charge < -0.3 is 29.2 Å². The molecule has 288 valence electrons. The van der Waals surface area contributed by atoms with Gasteiger partial charge in [-0.25, -0.2) is 0 Å². The molecule has 4 heterocycles. The molecule has 5 atom stereocenters. The molecule has 0 radical (unpaired) electrons. The van der Waals surface area contributed by atoms with E-state index in [2.05, 4.69) is 36.5 Å². The van der Waals surface area contributed by atoms with Crippen LogP contribution >= 0.6 is 15.9 Å². The molecule has 56 heavy (non-hydrogen) atoms. The zero-order valence-electron chi connectivity index (χ0n) is 31.5. The summed E-state index contributed by atoms with van der Waals surface area (Å²) in [7, 11) is -3.40. The molecule has 1 saturated heterocycles. The Balaban J connectivity index is 1.03. The number of aryl methyl sites for hydroxylation is 1. The lowest BCUT2D eigenvalue weighted by Crippen LogP contribution is -2.45. The van der Waals surface area contributed by atoms with Crippen LogP contribution in [0.5, 0.6) is 0 Å². The van der Waals surface area contributed by atoms with Gasteiger partial charge >= 0.3 is 0 Å². The molecular formula is C43H44BrFN6O4Si. The average Bonchev–Trinajstić information content (AvgIpc) is 3.93. The molecule has 6 aromatic rings. The van der Waals surface area contributed by atoms with Crippen LogP contribution < -0.4 is 10.2 Å². The lowest BCUT2D eigenvalue weighted by Gasteiger charge is -2.31. The van der Waals surface area contributed by atoms with Crippen LogP contribution in [0.25, 0.3) is 10.9 Å². The summed E-state index contributed by atoms with van der Waals surface area (Å²) in [6.45, 7) is 5.86. The van der Waals surface area contributed by atoms with Gasteiger partial charge in [-0.15, -0.1) is 5.10 Å². The van der Waals surface area contributed by atoms with Crippen molar-refractivity contribution in [3.8, 4) is 0 Å². The van der Waals surface area contributed by atoms with Crippen LogP contribution in [0.1, 0.15) is 47.2 Å². The average molecular weight is 836 g/mol. The minimum absolute atomic E-state index is 0.115. The van der Waals surface area contributed by atoms with Crippen LogP contribution in [0.2, 0.25) is 18.6 Å². The molecule has 13 heteroatoms. The second kappa shape index (κ2) is 15.2. The summed E-state index contributed by atoms with van der Waals surface area (Å²) < 4.78 is 26.0. The number of hydrogen-bond acceptors (Lipinski definition) is 6. The number of ether oxygens (including phenoxy) is 1. The number of fused-ring (bicyclic) bond motifs is 3. The van der Waals surface area contributed by atoms with Gasteiger partial charge in [0, 0.05) is 57.0 Å². The van der Waals surface area contributed by atoms with Gasteiger partial charge in [-0.3, -0.25) is 14.3 Å². The summed E-state index contributed by atoms with van der Waals surface area (Å²) in [6.07, 6.45) is 3.77. The first-order valence-electron chi connectivity index (χ1n) is 18.9. The first-order chi connectivity index (χ1) is 27.0. The molecule has 2 aliphatic heterocycles. The quantitative estimate of drug-likeness (QED) is 0.0843. The fourth-order valence-corrected chi connectivity index (χ4v) is 11.8.